The lowest BCUT2D eigenvalue weighted by atomic mass is 10.2. The first kappa shape index (κ1) is 12.5. The summed E-state index contributed by atoms with van der Waals surface area (Å²) in [5, 5.41) is 5.46. The van der Waals surface area contributed by atoms with Crippen molar-refractivity contribution in [2.24, 2.45) is 0 Å². The summed E-state index contributed by atoms with van der Waals surface area (Å²) in [6, 6.07) is 5.98. The summed E-state index contributed by atoms with van der Waals surface area (Å²) >= 11 is 6.13. The SMILES string of the molecule is CCCCSc1cc(-c2cccnc2)nn1S. The molecule has 2 aromatic rings. The number of rotatable bonds is 5. The summed E-state index contributed by atoms with van der Waals surface area (Å²) in [6.45, 7) is 2.19. The fourth-order valence-electron chi connectivity index (χ4n) is 1.43. The Morgan fingerprint density at radius 2 is 2.35 bits per heavy atom. The smallest absolute Gasteiger partial charge is 0.107 e. The third-order valence-electron chi connectivity index (χ3n) is 2.36. The molecule has 0 N–H and O–H groups in total. The van der Waals surface area contributed by atoms with Gasteiger partial charge in [-0.05, 0) is 43.2 Å². The van der Waals surface area contributed by atoms with E-state index in [-0.39, 0.29) is 0 Å². The average Bonchev–Trinajstić information content (AvgIpc) is 2.73. The molecule has 0 unspecified atom stereocenters. The molecule has 0 aliphatic rings. The van der Waals surface area contributed by atoms with Crippen LogP contribution in [0.3, 0.4) is 0 Å². The molecule has 0 bridgehead atoms. The Kier molecular flexibility index (Phi) is 4.50. The zero-order valence-corrected chi connectivity index (χ0v) is 11.4. The highest BCUT2D eigenvalue weighted by Gasteiger charge is 2.07. The molecule has 5 heteroatoms. The van der Waals surface area contributed by atoms with Gasteiger partial charge < -0.3 is 0 Å². The van der Waals surface area contributed by atoms with E-state index in [0.29, 0.717) is 0 Å². The van der Waals surface area contributed by atoms with E-state index >= 15 is 0 Å². The van der Waals surface area contributed by atoms with Gasteiger partial charge in [-0.1, -0.05) is 13.3 Å². The molecule has 0 spiro atoms. The van der Waals surface area contributed by atoms with E-state index in [4.69, 9.17) is 0 Å². The van der Waals surface area contributed by atoms with Crippen LogP contribution in [0.15, 0.2) is 35.6 Å². The third kappa shape index (κ3) is 3.26. The third-order valence-corrected chi connectivity index (χ3v) is 3.88. The fraction of sp³-hybridized carbons (Fsp3) is 0.333. The number of thiol groups is 1. The predicted molar refractivity (Wildman–Crippen MR) is 75.5 cm³/mol. The standard InChI is InChI=1S/C12H15N3S2/c1-2-3-7-17-12-8-11(14-15(12)16)10-5-4-6-13-9-10/h4-6,8-9,16H,2-3,7H2,1H3. The van der Waals surface area contributed by atoms with Crippen LogP contribution in [0.4, 0.5) is 0 Å². The predicted octanol–water partition coefficient (Wildman–Crippen LogP) is 3.53. The topological polar surface area (TPSA) is 30.7 Å². The van der Waals surface area contributed by atoms with Gasteiger partial charge in [0.2, 0.25) is 0 Å². The molecule has 2 heterocycles. The minimum Gasteiger partial charge on any atom is -0.264 e. The minimum atomic E-state index is 0.923. The van der Waals surface area contributed by atoms with Gasteiger partial charge >= 0.3 is 0 Å². The maximum Gasteiger partial charge on any atom is 0.107 e. The van der Waals surface area contributed by atoms with Gasteiger partial charge in [0.1, 0.15) is 5.03 Å². The quantitative estimate of drug-likeness (QED) is 0.510. The Morgan fingerprint density at radius 1 is 1.47 bits per heavy atom. The second-order valence-electron chi connectivity index (χ2n) is 3.70. The van der Waals surface area contributed by atoms with Crippen LogP contribution in [0.5, 0.6) is 0 Å². The van der Waals surface area contributed by atoms with Crippen LogP contribution in [0.25, 0.3) is 11.3 Å². The van der Waals surface area contributed by atoms with Crippen molar-refractivity contribution in [3.05, 3.63) is 30.6 Å². The number of aromatic nitrogens is 3. The second kappa shape index (κ2) is 6.12. The highest BCUT2D eigenvalue weighted by atomic mass is 32.2. The van der Waals surface area contributed by atoms with E-state index in [1.165, 1.54) is 12.8 Å². The molecule has 0 radical (unpaired) electrons. The van der Waals surface area contributed by atoms with E-state index in [2.05, 4.69) is 35.9 Å². The zero-order valence-electron chi connectivity index (χ0n) is 9.71. The van der Waals surface area contributed by atoms with Crippen molar-refractivity contribution in [1.82, 2.24) is 14.2 Å². The van der Waals surface area contributed by atoms with Crippen LogP contribution in [-0.2, 0) is 0 Å². The lowest BCUT2D eigenvalue weighted by Crippen LogP contribution is -1.87. The molecule has 0 aliphatic heterocycles. The molecule has 3 nitrogen and oxygen atoms in total. The maximum absolute atomic E-state index is 4.38. The maximum atomic E-state index is 4.38. The van der Waals surface area contributed by atoms with Gasteiger partial charge in [-0.3, -0.25) is 4.98 Å². The van der Waals surface area contributed by atoms with Gasteiger partial charge in [0.15, 0.2) is 0 Å². The Morgan fingerprint density at radius 3 is 3.06 bits per heavy atom. The lowest BCUT2D eigenvalue weighted by Gasteiger charge is -1.98. The highest BCUT2D eigenvalue weighted by Crippen LogP contribution is 2.26. The summed E-state index contributed by atoms with van der Waals surface area (Å²) in [7, 11) is 0. The van der Waals surface area contributed by atoms with E-state index in [9.17, 15) is 0 Å². The number of thioether (sulfide) groups is 1. The molecule has 17 heavy (non-hydrogen) atoms. The first-order valence-corrected chi connectivity index (χ1v) is 7.02. The number of nitrogens with zero attached hydrogens (tertiary/aromatic N) is 3. The second-order valence-corrected chi connectivity index (χ2v) is 5.20. The van der Waals surface area contributed by atoms with Crippen LogP contribution in [-0.4, -0.2) is 19.9 Å². The Bertz CT molecular complexity index is 468. The van der Waals surface area contributed by atoms with Gasteiger partial charge in [0.25, 0.3) is 0 Å². The number of hydrogen-bond donors (Lipinski definition) is 1. The largest absolute Gasteiger partial charge is 0.264 e. The molecule has 2 aromatic heterocycles. The van der Waals surface area contributed by atoms with Crippen LogP contribution >= 0.6 is 24.6 Å². The van der Waals surface area contributed by atoms with Crippen molar-refractivity contribution in [2.75, 3.05) is 5.75 Å². The van der Waals surface area contributed by atoms with Gasteiger partial charge in [-0.25, -0.2) is 4.09 Å². The molecule has 0 saturated heterocycles. The molecule has 0 aliphatic carbocycles. The summed E-state index contributed by atoms with van der Waals surface area (Å²) in [5.41, 5.74) is 1.95. The van der Waals surface area contributed by atoms with Crippen LogP contribution in [0.2, 0.25) is 0 Å². The zero-order chi connectivity index (χ0) is 12.1. The molecule has 90 valence electrons. The normalized spacial score (nSPS) is 10.7. The highest BCUT2D eigenvalue weighted by molar-refractivity contribution is 7.99. The molecular weight excluding hydrogens is 250 g/mol. The number of unbranched alkanes of at least 4 members (excludes halogenated alkanes) is 1. The van der Waals surface area contributed by atoms with Crippen molar-refractivity contribution >= 4 is 24.6 Å². The molecular formula is C12H15N3S2. The minimum absolute atomic E-state index is 0.923. The molecule has 0 atom stereocenters. The molecule has 0 amide bonds. The monoisotopic (exact) mass is 265 g/mol. The van der Waals surface area contributed by atoms with Crippen molar-refractivity contribution in [2.45, 2.75) is 24.8 Å². The molecule has 0 aromatic carbocycles. The van der Waals surface area contributed by atoms with Crippen LogP contribution < -0.4 is 0 Å². The van der Waals surface area contributed by atoms with E-state index in [1.54, 1.807) is 22.0 Å². The van der Waals surface area contributed by atoms with Gasteiger partial charge in [0, 0.05) is 18.0 Å². The Labute approximate surface area is 111 Å². The first-order valence-electron chi connectivity index (χ1n) is 5.63. The van der Waals surface area contributed by atoms with Gasteiger partial charge in [0.05, 0.1) is 5.69 Å². The van der Waals surface area contributed by atoms with E-state index < -0.39 is 0 Å². The lowest BCUT2D eigenvalue weighted by molar-refractivity contribution is 0.888. The van der Waals surface area contributed by atoms with Gasteiger partial charge in [-0.2, -0.15) is 5.10 Å². The molecule has 0 saturated carbocycles. The molecule has 0 fully saturated rings. The summed E-state index contributed by atoms with van der Waals surface area (Å²) in [5.74, 6) is 1.11. The first-order chi connectivity index (χ1) is 8.31. The van der Waals surface area contributed by atoms with E-state index in [0.717, 1.165) is 22.0 Å². The summed E-state index contributed by atoms with van der Waals surface area (Å²) < 4.78 is 1.64. The average molecular weight is 265 g/mol. The Balaban J connectivity index is 2.13. The number of pyridine rings is 1. The fourth-order valence-corrected chi connectivity index (χ4v) is 2.75. The van der Waals surface area contributed by atoms with Crippen molar-refractivity contribution in [3.63, 3.8) is 0 Å². The summed E-state index contributed by atoms with van der Waals surface area (Å²) in [4.78, 5) is 4.09. The van der Waals surface area contributed by atoms with Crippen LogP contribution in [0, 0.1) is 0 Å². The van der Waals surface area contributed by atoms with Crippen molar-refractivity contribution in [3.8, 4) is 11.3 Å². The molecule has 2 rings (SSSR count). The Hall–Kier alpha value is -0.940. The van der Waals surface area contributed by atoms with Gasteiger partial charge in [-0.15, -0.1) is 11.8 Å². The van der Waals surface area contributed by atoms with E-state index in [1.807, 2.05) is 18.3 Å². The number of hydrogen-bond acceptors (Lipinski definition) is 4. The summed E-state index contributed by atoms with van der Waals surface area (Å²) in [6.07, 6.45) is 6.00. The van der Waals surface area contributed by atoms with Crippen molar-refractivity contribution in [1.29, 1.82) is 0 Å². The van der Waals surface area contributed by atoms with Crippen LogP contribution in [0.1, 0.15) is 19.8 Å². The van der Waals surface area contributed by atoms with Crippen molar-refractivity contribution < 1.29 is 0 Å².